The van der Waals surface area contributed by atoms with E-state index in [2.05, 4.69) is 22.1 Å². The second-order valence-corrected chi connectivity index (χ2v) is 8.79. The monoisotopic (exact) mass is 471 g/mol. The van der Waals surface area contributed by atoms with E-state index in [-0.39, 0.29) is 13.2 Å². The predicted octanol–water partition coefficient (Wildman–Crippen LogP) is 3.65. The third-order valence-electron chi connectivity index (χ3n) is 5.41. The number of rotatable bonds is 10. The number of aryl methyl sites for hydroxylation is 1. The fourth-order valence-corrected chi connectivity index (χ4v) is 4.01. The number of hydrogen-bond acceptors (Lipinski definition) is 6. The average Bonchev–Trinajstić information content (AvgIpc) is 3.25. The summed E-state index contributed by atoms with van der Waals surface area (Å²) in [6, 6.07) is 17.2. The van der Waals surface area contributed by atoms with Gasteiger partial charge in [0.25, 0.3) is 0 Å². The predicted molar refractivity (Wildman–Crippen MR) is 127 cm³/mol. The molecule has 0 aliphatic carbocycles. The fraction of sp³-hybridized carbons (Fsp3) is 0.400. The highest BCUT2D eigenvalue weighted by molar-refractivity contribution is 6.30. The number of ether oxygens (including phenoxy) is 3. The first-order valence-corrected chi connectivity index (χ1v) is 11.6. The lowest BCUT2D eigenvalue weighted by atomic mass is 10.1. The lowest BCUT2D eigenvalue weighted by Crippen LogP contribution is -2.48. The van der Waals surface area contributed by atoms with Crippen LogP contribution in [0.25, 0.3) is 0 Å². The molecular formula is C25H30ClN3O4. The van der Waals surface area contributed by atoms with Crippen molar-refractivity contribution >= 4 is 11.6 Å². The van der Waals surface area contributed by atoms with Crippen molar-refractivity contribution in [3.8, 4) is 11.5 Å². The molecule has 176 valence electrons. The zero-order valence-corrected chi connectivity index (χ0v) is 19.4. The van der Waals surface area contributed by atoms with E-state index >= 15 is 0 Å². The van der Waals surface area contributed by atoms with Crippen LogP contribution in [0.4, 0.5) is 0 Å². The molecule has 0 saturated carbocycles. The van der Waals surface area contributed by atoms with Crippen LogP contribution in [0.2, 0.25) is 5.02 Å². The summed E-state index contributed by atoms with van der Waals surface area (Å²) < 4.78 is 19.3. The fourth-order valence-electron chi connectivity index (χ4n) is 3.83. The Morgan fingerprint density at radius 2 is 1.94 bits per heavy atom. The Morgan fingerprint density at radius 3 is 2.76 bits per heavy atom. The third-order valence-corrected chi connectivity index (χ3v) is 5.64. The first-order chi connectivity index (χ1) is 16.1. The number of aliphatic hydroxyl groups is 1. The molecule has 2 heterocycles. The second kappa shape index (κ2) is 11.5. The van der Waals surface area contributed by atoms with Crippen molar-refractivity contribution in [2.75, 3.05) is 39.5 Å². The van der Waals surface area contributed by atoms with E-state index in [1.807, 2.05) is 41.2 Å². The van der Waals surface area contributed by atoms with E-state index in [0.29, 0.717) is 37.1 Å². The van der Waals surface area contributed by atoms with Gasteiger partial charge in [0, 0.05) is 50.0 Å². The number of aromatic nitrogens is 2. The van der Waals surface area contributed by atoms with Gasteiger partial charge in [-0.1, -0.05) is 29.8 Å². The van der Waals surface area contributed by atoms with Gasteiger partial charge in [-0.3, -0.25) is 9.58 Å². The molecule has 1 saturated heterocycles. The lowest BCUT2D eigenvalue weighted by molar-refractivity contribution is -0.0646. The van der Waals surface area contributed by atoms with Crippen molar-refractivity contribution in [1.82, 2.24) is 14.7 Å². The molecule has 1 aromatic heterocycles. The summed E-state index contributed by atoms with van der Waals surface area (Å²) in [4.78, 5) is 2.19. The lowest BCUT2D eigenvalue weighted by Gasteiger charge is -2.30. The van der Waals surface area contributed by atoms with Crippen molar-refractivity contribution < 1.29 is 19.3 Å². The molecule has 1 aliphatic rings. The van der Waals surface area contributed by atoms with Gasteiger partial charge in [0.15, 0.2) is 0 Å². The van der Waals surface area contributed by atoms with Crippen LogP contribution in [0.5, 0.6) is 11.5 Å². The number of β-amino-alcohol motifs (C(OH)–C–C–N with tert-alkyl or cyclic N) is 1. The Labute approximate surface area is 199 Å². The molecule has 0 unspecified atom stereocenters. The van der Waals surface area contributed by atoms with Gasteiger partial charge in [-0.15, -0.1) is 0 Å². The topological polar surface area (TPSA) is 69.0 Å². The van der Waals surface area contributed by atoms with Crippen molar-refractivity contribution in [2.24, 2.45) is 0 Å². The van der Waals surface area contributed by atoms with Crippen LogP contribution in [0.15, 0.2) is 67.0 Å². The van der Waals surface area contributed by atoms with Crippen LogP contribution in [0.3, 0.4) is 0 Å². The van der Waals surface area contributed by atoms with E-state index in [4.69, 9.17) is 25.8 Å². The Balaban J connectivity index is 1.29. The van der Waals surface area contributed by atoms with Crippen molar-refractivity contribution in [2.45, 2.75) is 25.1 Å². The summed E-state index contributed by atoms with van der Waals surface area (Å²) >= 11 is 6.03. The zero-order valence-electron chi connectivity index (χ0n) is 18.6. The van der Waals surface area contributed by atoms with Crippen LogP contribution in [0.1, 0.15) is 12.0 Å². The van der Waals surface area contributed by atoms with Crippen molar-refractivity contribution in [3.63, 3.8) is 0 Å². The molecule has 0 radical (unpaired) electrons. The molecular weight excluding hydrogens is 442 g/mol. The molecule has 0 amide bonds. The van der Waals surface area contributed by atoms with Crippen LogP contribution in [-0.4, -0.2) is 64.9 Å². The number of nitrogens with zero attached hydrogens (tertiary/aromatic N) is 3. The van der Waals surface area contributed by atoms with E-state index in [1.165, 1.54) is 0 Å². The van der Waals surface area contributed by atoms with Crippen molar-refractivity contribution in [3.05, 3.63) is 77.6 Å². The van der Waals surface area contributed by atoms with E-state index in [9.17, 15) is 5.11 Å². The Morgan fingerprint density at radius 1 is 1.09 bits per heavy atom. The summed E-state index contributed by atoms with van der Waals surface area (Å²) in [5.74, 6) is 1.47. The number of halogens is 1. The van der Waals surface area contributed by atoms with Gasteiger partial charge >= 0.3 is 0 Å². The first kappa shape index (κ1) is 23.6. The molecule has 1 aliphatic heterocycles. The highest BCUT2D eigenvalue weighted by atomic mass is 35.5. The first-order valence-electron chi connectivity index (χ1n) is 11.2. The van der Waals surface area contributed by atoms with E-state index in [0.717, 1.165) is 30.8 Å². The van der Waals surface area contributed by atoms with Gasteiger partial charge in [0.1, 0.15) is 23.7 Å². The molecule has 1 atom stereocenters. The van der Waals surface area contributed by atoms with Gasteiger partial charge in [-0.25, -0.2) is 0 Å². The summed E-state index contributed by atoms with van der Waals surface area (Å²) in [5.41, 5.74) is 0.0129. The maximum atomic E-state index is 11.2. The Bertz CT molecular complexity index is 1000. The normalized spacial score (nSPS) is 19.2. The Hall–Kier alpha value is -2.58. The minimum atomic E-state index is -1.11. The smallest absolute Gasteiger partial charge is 0.134 e. The SMILES string of the molecule is O[C@@]1(COc2cccc(Cl)c2)COCCN(Cc2cccc(OCCCn3cccn3)c2)C1. The van der Waals surface area contributed by atoms with Gasteiger partial charge in [-0.05, 0) is 42.0 Å². The third kappa shape index (κ3) is 7.47. The molecule has 3 aromatic rings. The second-order valence-electron chi connectivity index (χ2n) is 8.35. The standard InChI is InChI=1S/C25H30ClN3O4/c26-22-6-2-8-24(16-22)33-20-25(30)18-28(12-14-31-19-25)17-21-5-1-7-23(15-21)32-13-4-11-29-10-3-9-27-29/h1-3,5-10,15-16,30H,4,11-14,17-20H2/t25-/m1/s1. The summed E-state index contributed by atoms with van der Waals surface area (Å²) in [6.45, 7) is 4.23. The van der Waals surface area contributed by atoms with E-state index < -0.39 is 5.60 Å². The molecule has 33 heavy (non-hydrogen) atoms. The van der Waals surface area contributed by atoms with Crippen LogP contribution in [-0.2, 0) is 17.8 Å². The molecule has 1 N–H and O–H groups in total. The maximum Gasteiger partial charge on any atom is 0.134 e. The minimum Gasteiger partial charge on any atom is -0.494 e. The molecule has 8 heteroatoms. The number of hydrogen-bond donors (Lipinski definition) is 1. The summed E-state index contributed by atoms with van der Waals surface area (Å²) in [5, 5.41) is 16.0. The van der Waals surface area contributed by atoms with Crippen LogP contribution in [0, 0.1) is 0 Å². The summed E-state index contributed by atoms with van der Waals surface area (Å²) in [7, 11) is 0. The Kier molecular flexibility index (Phi) is 8.23. The van der Waals surface area contributed by atoms with Gasteiger partial charge in [0.05, 0.1) is 19.8 Å². The number of benzene rings is 2. The van der Waals surface area contributed by atoms with Gasteiger partial charge < -0.3 is 19.3 Å². The van der Waals surface area contributed by atoms with Gasteiger partial charge in [-0.2, -0.15) is 5.10 Å². The molecule has 1 fully saturated rings. The molecule has 7 nitrogen and oxygen atoms in total. The van der Waals surface area contributed by atoms with Crippen LogP contribution >= 0.6 is 11.6 Å². The van der Waals surface area contributed by atoms with Crippen molar-refractivity contribution in [1.29, 1.82) is 0 Å². The average molecular weight is 472 g/mol. The molecule has 0 bridgehead atoms. The quantitative estimate of drug-likeness (QED) is 0.455. The maximum absolute atomic E-state index is 11.2. The highest BCUT2D eigenvalue weighted by Crippen LogP contribution is 2.22. The van der Waals surface area contributed by atoms with E-state index in [1.54, 1.807) is 18.3 Å². The van der Waals surface area contributed by atoms with Crippen LogP contribution < -0.4 is 9.47 Å². The van der Waals surface area contributed by atoms with Gasteiger partial charge in [0.2, 0.25) is 0 Å². The molecule has 4 rings (SSSR count). The molecule has 0 spiro atoms. The minimum absolute atomic E-state index is 0.128. The zero-order chi connectivity index (χ0) is 22.9. The highest BCUT2D eigenvalue weighted by Gasteiger charge is 2.33. The molecule has 2 aromatic carbocycles. The largest absolute Gasteiger partial charge is 0.494 e. The summed E-state index contributed by atoms with van der Waals surface area (Å²) in [6.07, 6.45) is 4.62.